The molecule has 98 valence electrons. The minimum atomic E-state index is -3.58. The zero-order valence-corrected chi connectivity index (χ0v) is 11.0. The predicted molar refractivity (Wildman–Crippen MR) is 71.1 cm³/mol. The molecule has 6 nitrogen and oxygen atoms in total. The van der Waals surface area contributed by atoms with Gasteiger partial charge in [0.2, 0.25) is 10.0 Å². The van der Waals surface area contributed by atoms with E-state index >= 15 is 0 Å². The van der Waals surface area contributed by atoms with Gasteiger partial charge in [0.25, 0.3) is 0 Å². The Bertz CT molecular complexity index is 756. The van der Waals surface area contributed by atoms with Crippen molar-refractivity contribution in [2.45, 2.75) is 4.90 Å². The van der Waals surface area contributed by atoms with Crippen LogP contribution in [-0.4, -0.2) is 20.0 Å². The monoisotopic (exact) mass is 276 g/mol. The third-order valence-electron chi connectivity index (χ3n) is 2.69. The Morgan fingerprint density at radius 1 is 1.37 bits per heavy atom. The summed E-state index contributed by atoms with van der Waals surface area (Å²) in [6.45, 7) is 0. The summed E-state index contributed by atoms with van der Waals surface area (Å²) in [5.74, 6) is 0. The second-order valence-electron chi connectivity index (χ2n) is 3.80. The lowest BCUT2D eigenvalue weighted by Crippen LogP contribution is -2.20. The van der Waals surface area contributed by atoms with Crippen molar-refractivity contribution in [3.05, 3.63) is 42.2 Å². The molecule has 7 heteroatoms. The van der Waals surface area contributed by atoms with E-state index in [4.69, 9.17) is 11.0 Å². The molecule has 0 unspecified atom stereocenters. The maximum atomic E-state index is 11.7. The molecule has 0 spiro atoms. The summed E-state index contributed by atoms with van der Waals surface area (Å²) in [7, 11) is -2.26. The van der Waals surface area contributed by atoms with Crippen LogP contribution < -0.4 is 10.5 Å². The van der Waals surface area contributed by atoms with Gasteiger partial charge >= 0.3 is 0 Å². The normalized spacial score (nSPS) is 11.2. The molecule has 2 aromatic rings. The summed E-state index contributed by atoms with van der Waals surface area (Å²) in [4.78, 5) is 0.0180. The van der Waals surface area contributed by atoms with Crippen molar-refractivity contribution in [2.75, 3.05) is 12.8 Å². The zero-order chi connectivity index (χ0) is 14.0. The Morgan fingerprint density at radius 2 is 2.11 bits per heavy atom. The van der Waals surface area contributed by atoms with Crippen LogP contribution in [0.15, 0.2) is 41.4 Å². The van der Waals surface area contributed by atoms with Crippen molar-refractivity contribution in [1.29, 1.82) is 5.26 Å². The van der Waals surface area contributed by atoms with Crippen molar-refractivity contribution < 1.29 is 8.42 Å². The van der Waals surface area contributed by atoms with E-state index in [2.05, 4.69) is 4.72 Å². The largest absolute Gasteiger partial charge is 0.398 e. The molecule has 0 bridgehead atoms. The molecule has 2 rings (SSSR count). The third kappa shape index (κ3) is 2.31. The van der Waals surface area contributed by atoms with E-state index in [0.29, 0.717) is 11.4 Å². The second-order valence-corrected chi connectivity index (χ2v) is 5.66. The SMILES string of the molecule is CNS(=O)(=O)c1ccc(-n2cccc2C#N)cc1N. The number of hydrogen-bond donors (Lipinski definition) is 2. The number of nitriles is 1. The lowest BCUT2D eigenvalue weighted by Gasteiger charge is -2.10. The van der Waals surface area contributed by atoms with Gasteiger partial charge in [-0.25, -0.2) is 13.1 Å². The van der Waals surface area contributed by atoms with Crippen LogP contribution in [0, 0.1) is 11.3 Å². The number of benzene rings is 1. The summed E-state index contributed by atoms with van der Waals surface area (Å²) < 4.78 is 27.2. The Kier molecular flexibility index (Phi) is 3.29. The summed E-state index contributed by atoms with van der Waals surface area (Å²) in [5, 5.41) is 8.95. The van der Waals surface area contributed by atoms with Gasteiger partial charge in [-0.05, 0) is 37.4 Å². The number of nitrogens with zero attached hydrogens (tertiary/aromatic N) is 2. The van der Waals surface area contributed by atoms with E-state index < -0.39 is 10.0 Å². The van der Waals surface area contributed by atoms with E-state index in [1.54, 1.807) is 29.0 Å². The van der Waals surface area contributed by atoms with Crippen LogP contribution in [0.2, 0.25) is 0 Å². The lowest BCUT2D eigenvalue weighted by molar-refractivity contribution is 0.588. The van der Waals surface area contributed by atoms with Crippen LogP contribution in [0.25, 0.3) is 5.69 Å². The third-order valence-corrected chi connectivity index (χ3v) is 4.18. The van der Waals surface area contributed by atoms with Gasteiger partial charge in [-0.15, -0.1) is 0 Å². The highest BCUT2D eigenvalue weighted by Gasteiger charge is 2.16. The maximum Gasteiger partial charge on any atom is 0.242 e. The summed E-state index contributed by atoms with van der Waals surface area (Å²) in [6, 6.07) is 9.96. The van der Waals surface area contributed by atoms with Crippen LogP contribution in [0.1, 0.15) is 5.69 Å². The first-order chi connectivity index (χ1) is 8.99. The molecule has 0 aliphatic rings. The Morgan fingerprint density at radius 3 is 2.68 bits per heavy atom. The molecule has 0 saturated carbocycles. The minimum Gasteiger partial charge on any atom is -0.398 e. The second kappa shape index (κ2) is 4.76. The first kappa shape index (κ1) is 13.1. The molecule has 0 aliphatic carbocycles. The molecule has 1 aromatic carbocycles. The number of nitrogens with two attached hydrogens (primary N) is 1. The van der Waals surface area contributed by atoms with Gasteiger partial charge in [0.15, 0.2) is 0 Å². The van der Waals surface area contributed by atoms with Crippen molar-refractivity contribution in [3.8, 4) is 11.8 Å². The van der Waals surface area contributed by atoms with Crippen molar-refractivity contribution >= 4 is 15.7 Å². The fourth-order valence-corrected chi connectivity index (χ4v) is 2.57. The number of nitrogens with one attached hydrogen (secondary N) is 1. The molecule has 0 amide bonds. The van der Waals surface area contributed by atoms with Gasteiger partial charge in [0.1, 0.15) is 16.7 Å². The fourth-order valence-electron chi connectivity index (χ4n) is 1.74. The smallest absolute Gasteiger partial charge is 0.242 e. The highest BCUT2D eigenvalue weighted by atomic mass is 32.2. The first-order valence-electron chi connectivity index (χ1n) is 5.40. The summed E-state index contributed by atoms with van der Waals surface area (Å²) in [5.41, 5.74) is 6.98. The number of rotatable bonds is 3. The lowest BCUT2D eigenvalue weighted by atomic mass is 10.2. The molecule has 0 atom stereocenters. The molecule has 0 fully saturated rings. The van der Waals surface area contributed by atoms with Crippen molar-refractivity contribution in [2.24, 2.45) is 0 Å². The number of sulfonamides is 1. The number of anilines is 1. The molecule has 3 N–H and O–H groups in total. The van der Waals surface area contributed by atoms with Gasteiger partial charge in [0, 0.05) is 11.9 Å². The zero-order valence-electron chi connectivity index (χ0n) is 10.2. The van der Waals surface area contributed by atoms with Crippen LogP contribution in [-0.2, 0) is 10.0 Å². The van der Waals surface area contributed by atoms with Crippen molar-refractivity contribution in [3.63, 3.8) is 0 Å². The predicted octanol–water partition coefficient (Wildman–Crippen LogP) is 0.839. The van der Waals surface area contributed by atoms with E-state index in [1.165, 1.54) is 19.2 Å². The van der Waals surface area contributed by atoms with Crippen LogP contribution in [0.5, 0.6) is 0 Å². The quantitative estimate of drug-likeness (QED) is 0.811. The Balaban J connectivity index is 2.55. The van der Waals surface area contributed by atoms with Gasteiger partial charge < -0.3 is 10.3 Å². The molecule has 0 aliphatic heterocycles. The number of hydrogen-bond acceptors (Lipinski definition) is 4. The van der Waals surface area contributed by atoms with Gasteiger partial charge in [0.05, 0.1) is 5.69 Å². The average Bonchev–Trinajstić information content (AvgIpc) is 2.86. The fraction of sp³-hybridized carbons (Fsp3) is 0.0833. The van der Waals surface area contributed by atoms with E-state index in [9.17, 15) is 8.42 Å². The Hall–Kier alpha value is -2.30. The minimum absolute atomic E-state index is 0.0180. The molecule has 0 radical (unpaired) electrons. The highest BCUT2D eigenvalue weighted by molar-refractivity contribution is 7.89. The maximum absolute atomic E-state index is 11.7. The molecular weight excluding hydrogens is 264 g/mol. The summed E-state index contributed by atoms with van der Waals surface area (Å²) >= 11 is 0. The molecular formula is C12H12N4O2S. The molecule has 0 saturated heterocycles. The van der Waals surface area contributed by atoms with Gasteiger partial charge in [-0.2, -0.15) is 5.26 Å². The van der Waals surface area contributed by atoms with Crippen LogP contribution >= 0.6 is 0 Å². The van der Waals surface area contributed by atoms with Gasteiger partial charge in [-0.3, -0.25) is 0 Å². The topological polar surface area (TPSA) is 101 Å². The number of aromatic nitrogens is 1. The van der Waals surface area contributed by atoms with E-state index in [-0.39, 0.29) is 10.6 Å². The summed E-state index contributed by atoms with van der Waals surface area (Å²) in [6.07, 6.45) is 1.71. The first-order valence-corrected chi connectivity index (χ1v) is 6.89. The van der Waals surface area contributed by atoms with E-state index in [1.807, 2.05) is 6.07 Å². The standard InChI is InChI=1S/C12H12N4O2S/c1-15-19(17,18)12-5-4-9(7-11(12)14)16-6-2-3-10(16)8-13/h2-7,15H,14H2,1H3. The highest BCUT2D eigenvalue weighted by Crippen LogP contribution is 2.22. The molecule has 19 heavy (non-hydrogen) atoms. The van der Waals surface area contributed by atoms with Gasteiger partial charge in [-0.1, -0.05) is 0 Å². The van der Waals surface area contributed by atoms with E-state index in [0.717, 1.165) is 0 Å². The average molecular weight is 276 g/mol. The number of nitrogen functional groups attached to an aromatic ring is 1. The van der Waals surface area contributed by atoms with Crippen LogP contribution in [0.4, 0.5) is 5.69 Å². The molecule has 1 aromatic heterocycles. The van der Waals surface area contributed by atoms with Crippen LogP contribution in [0.3, 0.4) is 0 Å². The Labute approximate surface area is 111 Å². The van der Waals surface area contributed by atoms with Crippen molar-refractivity contribution in [1.82, 2.24) is 9.29 Å². The molecule has 1 heterocycles.